The van der Waals surface area contributed by atoms with Gasteiger partial charge in [0.25, 0.3) is 0 Å². The molecule has 2 aromatic carbocycles. The summed E-state index contributed by atoms with van der Waals surface area (Å²) in [6, 6.07) is 9.30. The molecule has 0 amide bonds. The zero-order chi connectivity index (χ0) is 21.0. The average Bonchev–Trinajstić information content (AvgIpc) is 2.86. The largest absolute Gasteiger partial charge is 0.418 e. The van der Waals surface area contributed by atoms with Crippen molar-refractivity contribution in [3.8, 4) is 0 Å². The SMILES string of the molecule is OCC(Br)C=NNC1=Nc2c(cccc2C(F)(F)F)C(c2ccccc2F)=NC1. The lowest BCUT2D eigenvalue weighted by molar-refractivity contribution is -0.137. The van der Waals surface area contributed by atoms with Crippen molar-refractivity contribution in [2.45, 2.75) is 11.0 Å². The minimum Gasteiger partial charge on any atom is -0.395 e. The second-order valence-corrected chi connectivity index (χ2v) is 7.17. The molecular formula is C19H15BrF4N4O. The number of para-hydroxylation sites is 1. The minimum atomic E-state index is -4.66. The fraction of sp³-hybridized carbons (Fsp3) is 0.211. The molecule has 1 aliphatic rings. The molecule has 1 unspecified atom stereocenters. The number of nitrogens with zero attached hydrogens (tertiary/aromatic N) is 3. The highest BCUT2D eigenvalue weighted by atomic mass is 79.9. The Labute approximate surface area is 172 Å². The highest BCUT2D eigenvalue weighted by Crippen LogP contribution is 2.40. The summed E-state index contributed by atoms with van der Waals surface area (Å²) in [6.45, 7) is -0.354. The molecule has 0 bridgehead atoms. The topological polar surface area (TPSA) is 69.3 Å². The predicted molar refractivity (Wildman–Crippen MR) is 107 cm³/mol. The summed E-state index contributed by atoms with van der Waals surface area (Å²) in [5, 5.41) is 12.8. The van der Waals surface area contributed by atoms with Gasteiger partial charge < -0.3 is 5.11 Å². The van der Waals surface area contributed by atoms with Crippen LogP contribution in [0.1, 0.15) is 16.7 Å². The van der Waals surface area contributed by atoms with E-state index in [2.05, 4.69) is 36.4 Å². The van der Waals surface area contributed by atoms with E-state index < -0.39 is 22.4 Å². The molecule has 0 fully saturated rings. The molecule has 2 aromatic rings. The number of rotatable bonds is 4. The molecule has 2 N–H and O–H groups in total. The summed E-state index contributed by atoms with van der Waals surface area (Å²) in [5.41, 5.74) is 1.44. The maximum absolute atomic E-state index is 14.4. The van der Waals surface area contributed by atoms with Crippen LogP contribution in [0.5, 0.6) is 0 Å². The first kappa shape index (κ1) is 21.1. The number of hydrogen-bond donors (Lipinski definition) is 2. The molecule has 10 heteroatoms. The van der Waals surface area contributed by atoms with Gasteiger partial charge in [0.2, 0.25) is 0 Å². The lowest BCUT2D eigenvalue weighted by atomic mass is 9.97. The van der Waals surface area contributed by atoms with Crippen LogP contribution in [0, 0.1) is 5.82 Å². The first-order valence-corrected chi connectivity index (χ1v) is 9.34. The van der Waals surface area contributed by atoms with Crippen molar-refractivity contribution in [1.29, 1.82) is 0 Å². The van der Waals surface area contributed by atoms with Crippen molar-refractivity contribution >= 4 is 39.4 Å². The maximum atomic E-state index is 14.4. The van der Waals surface area contributed by atoms with Gasteiger partial charge in [0.1, 0.15) is 11.7 Å². The van der Waals surface area contributed by atoms with E-state index >= 15 is 0 Å². The zero-order valence-corrected chi connectivity index (χ0v) is 16.4. The predicted octanol–water partition coefficient (Wildman–Crippen LogP) is 4.06. The molecule has 0 radical (unpaired) electrons. The van der Waals surface area contributed by atoms with Gasteiger partial charge in [-0.1, -0.05) is 40.2 Å². The van der Waals surface area contributed by atoms with E-state index in [-0.39, 0.29) is 41.5 Å². The molecule has 0 saturated carbocycles. The van der Waals surface area contributed by atoms with E-state index in [1.807, 2.05) is 0 Å². The van der Waals surface area contributed by atoms with Crippen molar-refractivity contribution in [3.05, 3.63) is 65.0 Å². The Balaban J connectivity index is 2.13. The molecule has 29 heavy (non-hydrogen) atoms. The molecule has 3 rings (SSSR count). The van der Waals surface area contributed by atoms with Crippen molar-refractivity contribution < 1.29 is 22.7 Å². The summed E-state index contributed by atoms with van der Waals surface area (Å²) < 4.78 is 55.1. The van der Waals surface area contributed by atoms with Gasteiger partial charge in [0, 0.05) is 17.3 Å². The van der Waals surface area contributed by atoms with Crippen LogP contribution >= 0.6 is 15.9 Å². The van der Waals surface area contributed by atoms with Gasteiger partial charge in [-0.3, -0.25) is 10.4 Å². The molecule has 0 spiro atoms. The number of hydrazone groups is 1. The zero-order valence-electron chi connectivity index (χ0n) is 14.8. The molecule has 0 aliphatic carbocycles. The second-order valence-electron chi connectivity index (χ2n) is 5.99. The maximum Gasteiger partial charge on any atom is 0.418 e. The Morgan fingerprint density at radius 2 is 1.90 bits per heavy atom. The monoisotopic (exact) mass is 470 g/mol. The number of hydrogen-bond acceptors (Lipinski definition) is 5. The van der Waals surface area contributed by atoms with Crippen LogP contribution in [-0.2, 0) is 6.18 Å². The van der Waals surface area contributed by atoms with E-state index in [0.29, 0.717) is 0 Å². The van der Waals surface area contributed by atoms with Crippen molar-refractivity contribution in [3.63, 3.8) is 0 Å². The lowest BCUT2D eigenvalue weighted by Gasteiger charge is -2.14. The Kier molecular flexibility index (Phi) is 6.43. The number of aliphatic hydroxyl groups is 1. The summed E-state index contributed by atoms with van der Waals surface area (Å²) in [6.07, 6.45) is -3.34. The highest BCUT2D eigenvalue weighted by Gasteiger charge is 2.36. The van der Waals surface area contributed by atoms with Gasteiger partial charge in [-0.25, -0.2) is 9.38 Å². The molecule has 1 heterocycles. The van der Waals surface area contributed by atoms with Crippen LogP contribution in [-0.4, -0.2) is 40.8 Å². The van der Waals surface area contributed by atoms with E-state index in [9.17, 15) is 17.6 Å². The first-order chi connectivity index (χ1) is 13.8. The normalized spacial score (nSPS) is 15.4. The van der Waals surface area contributed by atoms with Crippen molar-refractivity contribution in [1.82, 2.24) is 5.43 Å². The fourth-order valence-electron chi connectivity index (χ4n) is 2.68. The van der Waals surface area contributed by atoms with Crippen LogP contribution in [0.4, 0.5) is 23.2 Å². The molecule has 152 valence electrons. The molecule has 5 nitrogen and oxygen atoms in total. The Hall–Kier alpha value is -2.59. The molecule has 1 atom stereocenters. The van der Waals surface area contributed by atoms with Crippen LogP contribution in [0.2, 0.25) is 0 Å². The summed E-state index contributed by atoms with van der Waals surface area (Å²) in [4.78, 5) is 7.96. The summed E-state index contributed by atoms with van der Waals surface area (Å²) in [7, 11) is 0. The quantitative estimate of drug-likeness (QED) is 0.306. The third-order valence-electron chi connectivity index (χ3n) is 3.96. The van der Waals surface area contributed by atoms with Crippen LogP contribution in [0.15, 0.2) is 57.6 Å². The Bertz CT molecular complexity index is 988. The Morgan fingerprint density at radius 1 is 1.17 bits per heavy atom. The van der Waals surface area contributed by atoms with Gasteiger partial charge in [0.15, 0.2) is 0 Å². The number of benzene rings is 2. The molecular weight excluding hydrogens is 456 g/mol. The smallest absolute Gasteiger partial charge is 0.395 e. The number of amidine groups is 1. The lowest BCUT2D eigenvalue weighted by Crippen LogP contribution is -2.22. The highest BCUT2D eigenvalue weighted by molar-refractivity contribution is 9.10. The second kappa shape index (κ2) is 8.83. The molecule has 1 aliphatic heterocycles. The number of fused-ring (bicyclic) bond motifs is 1. The summed E-state index contributed by atoms with van der Waals surface area (Å²) in [5.74, 6) is -0.558. The minimum absolute atomic E-state index is 0.0446. The number of alkyl halides is 4. The number of nitrogens with one attached hydrogen (secondary N) is 1. The van der Waals surface area contributed by atoms with Crippen LogP contribution in [0.25, 0.3) is 0 Å². The third kappa shape index (κ3) is 4.88. The average molecular weight is 471 g/mol. The molecule has 0 saturated heterocycles. The number of aliphatic imine (C=N–C) groups is 2. The van der Waals surface area contributed by atoms with Gasteiger partial charge in [-0.05, 0) is 18.2 Å². The van der Waals surface area contributed by atoms with Gasteiger partial charge >= 0.3 is 6.18 Å². The van der Waals surface area contributed by atoms with Gasteiger partial charge in [-0.2, -0.15) is 18.3 Å². The first-order valence-electron chi connectivity index (χ1n) is 8.43. The number of aliphatic hydroxyl groups excluding tert-OH is 1. The van der Waals surface area contributed by atoms with Crippen LogP contribution in [0.3, 0.4) is 0 Å². The van der Waals surface area contributed by atoms with Crippen molar-refractivity contribution in [2.75, 3.05) is 13.2 Å². The molecule has 0 aromatic heterocycles. The van der Waals surface area contributed by atoms with E-state index in [4.69, 9.17) is 5.11 Å². The van der Waals surface area contributed by atoms with E-state index in [1.165, 1.54) is 36.5 Å². The van der Waals surface area contributed by atoms with Crippen molar-refractivity contribution in [2.24, 2.45) is 15.1 Å². The van der Waals surface area contributed by atoms with Gasteiger partial charge in [0.05, 0.1) is 34.9 Å². The van der Waals surface area contributed by atoms with Crippen LogP contribution < -0.4 is 5.43 Å². The van der Waals surface area contributed by atoms with E-state index in [1.54, 1.807) is 6.07 Å². The standard InChI is InChI=1S/C19H15BrF4N4O/c20-11(10-29)8-26-28-16-9-25-17(12-4-1-2-7-15(12)21)13-5-3-6-14(18(13)27-16)19(22,23)24/h1-8,11,29H,9-10H2,(H,27,28). The summed E-state index contributed by atoms with van der Waals surface area (Å²) >= 11 is 3.13. The third-order valence-corrected chi connectivity index (χ3v) is 4.49. The van der Waals surface area contributed by atoms with Gasteiger partial charge in [-0.15, -0.1) is 0 Å². The Morgan fingerprint density at radius 3 is 2.59 bits per heavy atom. The van der Waals surface area contributed by atoms with E-state index in [0.717, 1.165) is 6.07 Å². The fourth-order valence-corrected chi connectivity index (χ4v) is 2.80. The number of halogens is 5.